The number of carboxylic acid groups (broad SMARTS) is 1. The number of aromatic carboxylic acids is 1. The van der Waals surface area contributed by atoms with Gasteiger partial charge >= 0.3 is 18.3 Å². The first kappa shape index (κ1) is 26.8. The molecule has 0 aliphatic rings. The maximum Gasteiger partial charge on any atom is 0.416 e. The molecule has 0 saturated carbocycles. The van der Waals surface area contributed by atoms with E-state index in [1.165, 1.54) is 47.2 Å². The van der Waals surface area contributed by atoms with Crippen LogP contribution in [0.1, 0.15) is 38.2 Å². The summed E-state index contributed by atoms with van der Waals surface area (Å²) in [6.07, 6.45) is -6.97. The van der Waals surface area contributed by atoms with Gasteiger partial charge in [-0.3, -0.25) is 0 Å². The Morgan fingerprint density at radius 1 is 0.921 bits per heavy atom. The van der Waals surface area contributed by atoms with Gasteiger partial charge in [0.15, 0.2) is 0 Å². The summed E-state index contributed by atoms with van der Waals surface area (Å²) in [5.41, 5.74) is -1.59. The number of carbonyl (C=O) groups is 1. The van der Waals surface area contributed by atoms with Crippen LogP contribution < -0.4 is 0 Å². The van der Waals surface area contributed by atoms with Crippen molar-refractivity contribution < 1.29 is 36.2 Å². The molecule has 0 radical (unpaired) electrons. The van der Waals surface area contributed by atoms with Crippen molar-refractivity contribution in [3.8, 4) is 6.07 Å². The zero-order chi connectivity index (χ0) is 27.8. The van der Waals surface area contributed by atoms with E-state index in [9.17, 15) is 36.4 Å². The molecular weight excluding hydrogens is 534 g/mol. The van der Waals surface area contributed by atoms with Crippen LogP contribution in [0.25, 0.3) is 22.6 Å². The van der Waals surface area contributed by atoms with E-state index in [0.717, 1.165) is 0 Å². The van der Waals surface area contributed by atoms with Crippen LogP contribution in [0.5, 0.6) is 0 Å². The molecule has 4 rings (SSSR count). The molecule has 4 aromatic rings. The molecule has 38 heavy (non-hydrogen) atoms. The Labute approximate surface area is 216 Å². The van der Waals surface area contributed by atoms with Crippen LogP contribution >= 0.6 is 11.6 Å². The minimum Gasteiger partial charge on any atom is -0.478 e. The van der Waals surface area contributed by atoms with Crippen molar-refractivity contribution in [3.63, 3.8) is 0 Å². The van der Waals surface area contributed by atoms with Crippen LogP contribution in [-0.4, -0.2) is 15.6 Å². The first-order chi connectivity index (χ1) is 17.8. The highest BCUT2D eigenvalue weighted by molar-refractivity contribution is 6.31. The number of benzene rings is 3. The topological polar surface area (TPSA) is 66.0 Å². The van der Waals surface area contributed by atoms with E-state index >= 15 is 0 Å². The van der Waals surface area contributed by atoms with E-state index in [-0.39, 0.29) is 34.3 Å². The Bertz CT molecular complexity index is 1580. The van der Waals surface area contributed by atoms with Crippen molar-refractivity contribution in [1.29, 1.82) is 5.26 Å². The fraction of sp³-hybridized carbons (Fsp3) is 0.111. The van der Waals surface area contributed by atoms with Crippen molar-refractivity contribution >= 4 is 40.1 Å². The first-order valence-corrected chi connectivity index (χ1v) is 11.2. The molecular formula is C27H15ClF6N2O2. The van der Waals surface area contributed by atoms with Crippen LogP contribution in [0.2, 0.25) is 5.02 Å². The molecule has 3 aromatic carbocycles. The Morgan fingerprint density at radius 3 is 2.03 bits per heavy atom. The average molecular weight is 549 g/mol. The summed E-state index contributed by atoms with van der Waals surface area (Å²) in [4.78, 5) is 11.1. The van der Waals surface area contributed by atoms with Gasteiger partial charge in [0, 0.05) is 28.7 Å². The maximum atomic E-state index is 13.3. The number of carboxylic acids is 1. The predicted octanol–water partition coefficient (Wildman–Crippen LogP) is 8.14. The minimum atomic E-state index is -4.98. The molecule has 194 valence electrons. The van der Waals surface area contributed by atoms with Gasteiger partial charge in [-0.2, -0.15) is 31.6 Å². The number of hydrogen-bond acceptors (Lipinski definition) is 2. The number of allylic oxidation sites excluding steroid dienone is 1. The molecule has 0 aliphatic carbocycles. The van der Waals surface area contributed by atoms with Crippen molar-refractivity contribution in [2.75, 3.05) is 0 Å². The quantitative estimate of drug-likeness (QED) is 0.202. The van der Waals surface area contributed by atoms with E-state index < -0.39 is 29.4 Å². The molecule has 0 fully saturated rings. The third-order valence-corrected chi connectivity index (χ3v) is 5.97. The highest BCUT2D eigenvalue weighted by Gasteiger charge is 2.36. The van der Waals surface area contributed by atoms with E-state index in [0.29, 0.717) is 34.2 Å². The Kier molecular flexibility index (Phi) is 7.00. The number of nitrogens with zero attached hydrogens (tertiary/aromatic N) is 2. The van der Waals surface area contributed by atoms with Gasteiger partial charge in [0.25, 0.3) is 0 Å². The second-order valence-electron chi connectivity index (χ2n) is 8.34. The number of aromatic nitrogens is 1. The summed E-state index contributed by atoms with van der Waals surface area (Å²) in [6.45, 7) is -0.340. The molecule has 0 atom stereocenters. The highest BCUT2D eigenvalue weighted by Crippen LogP contribution is 2.37. The normalized spacial score (nSPS) is 12.5. The number of hydrogen-bond donors (Lipinski definition) is 1. The molecule has 11 heteroatoms. The van der Waals surface area contributed by atoms with E-state index in [1.54, 1.807) is 12.1 Å². The van der Waals surface area contributed by atoms with Gasteiger partial charge in [-0.15, -0.1) is 0 Å². The van der Waals surface area contributed by atoms with Crippen LogP contribution in [0.3, 0.4) is 0 Å². The molecule has 0 amide bonds. The molecule has 0 saturated heterocycles. The van der Waals surface area contributed by atoms with Gasteiger partial charge in [0.05, 0.1) is 33.8 Å². The Morgan fingerprint density at radius 2 is 1.50 bits per heavy atom. The lowest BCUT2D eigenvalue weighted by molar-refractivity contribution is -0.143. The first-order valence-electron chi connectivity index (χ1n) is 10.8. The largest absolute Gasteiger partial charge is 0.478 e. The summed E-state index contributed by atoms with van der Waals surface area (Å²) >= 11 is 6.12. The zero-order valence-electron chi connectivity index (χ0n) is 19.0. The lowest BCUT2D eigenvalue weighted by Gasteiger charge is -2.15. The average Bonchev–Trinajstić information content (AvgIpc) is 3.17. The van der Waals surface area contributed by atoms with Crippen molar-refractivity contribution in [1.82, 2.24) is 4.57 Å². The molecule has 0 unspecified atom stereocenters. The molecule has 4 nitrogen and oxygen atoms in total. The fourth-order valence-electron chi connectivity index (χ4n) is 3.97. The zero-order valence-corrected chi connectivity index (χ0v) is 19.8. The lowest BCUT2D eigenvalue weighted by atomic mass is 10.0. The molecule has 0 bridgehead atoms. The number of halogens is 7. The van der Waals surface area contributed by atoms with Crippen molar-refractivity contribution in [2.45, 2.75) is 18.9 Å². The Balaban J connectivity index is 1.83. The van der Waals surface area contributed by atoms with Gasteiger partial charge in [-0.05, 0) is 59.7 Å². The molecule has 1 aromatic heterocycles. The van der Waals surface area contributed by atoms with Crippen LogP contribution in [0, 0.1) is 11.3 Å². The minimum absolute atomic E-state index is 0.0246. The summed E-state index contributed by atoms with van der Waals surface area (Å²) < 4.78 is 81.5. The van der Waals surface area contributed by atoms with E-state index in [2.05, 4.69) is 0 Å². The third kappa shape index (κ3) is 5.68. The number of rotatable bonds is 5. The third-order valence-electron chi connectivity index (χ3n) is 5.74. The van der Waals surface area contributed by atoms with Crippen LogP contribution in [0.15, 0.2) is 66.9 Å². The molecule has 1 heterocycles. The van der Waals surface area contributed by atoms with Gasteiger partial charge in [-0.1, -0.05) is 29.8 Å². The second-order valence-corrected chi connectivity index (χ2v) is 8.78. The van der Waals surface area contributed by atoms with Crippen LogP contribution in [0.4, 0.5) is 26.3 Å². The number of nitriles is 1. The number of fused-ring (bicyclic) bond motifs is 1. The van der Waals surface area contributed by atoms with Gasteiger partial charge < -0.3 is 9.67 Å². The maximum absolute atomic E-state index is 13.3. The fourth-order valence-corrected chi connectivity index (χ4v) is 4.14. The van der Waals surface area contributed by atoms with Gasteiger partial charge in [0.2, 0.25) is 0 Å². The second kappa shape index (κ2) is 9.91. The highest BCUT2D eigenvalue weighted by atomic mass is 35.5. The SMILES string of the molecule is N#CC(=Cc1cn(Cc2cc(C(F)(F)F)cc(C(F)(F)F)c2)c2cc(Cl)ccc12)c1ccc(C(=O)O)cc1. The monoisotopic (exact) mass is 548 g/mol. The lowest BCUT2D eigenvalue weighted by Crippen LogP contribution is -2.12. The smallest absolute Gasteiger partial charge is 0.416 e. The summed E-state index contributed by atoms with van der Waals surface area (Å²) in [7, 11) is 0. The van der Waals surface area contributed by atoms with Gasteiger partial charge in [0.1, 0.15) is 0 Å². The predicted molar refractivity (Wildman–Crippen MR) is 129 cm³/mol. The van der Waals surface area contributed by atoms with Gasteiger partial charge in [-0.25, -0.2) is 4.79 Å². The summed E-state index contributed by atoms with van der Waals surface area (Å²) in [5, 5.41) is 19.6. The summed E-state index contributed by atoms with van der Waals surface area (Å²) in [6, 6.07) is 13.7. The van der Waals surface area contributed by atoms with E-state index in [1.807, 2.05) is 6.07 Å². The standard InChI is InChI=1S/C27H15ClF6N2O2/c28-22-5-6-23-19(9-18(12-35)16-1-3-17(4-2-16)25(37)38)14-36(24(23)11-22)13-15-7-20(26(29,30)31)10-21(8-15)27(32,33)34/h1-11,14H,13H2,(H,37,38). The van der Waals surface area contributed by atoms with Crippen molar-refractivity contribution in [3.05, 3.63) is 105 Å². The van der Waals surface area contributed by atoms with Crippen molar-refractivity contribution in [2.24, 2.45) is 0 Å². The molecule has 0 spiro atoms. The Hall–Kier alpha value is -4.23. The molecule has 0 aliphatic heterocycles. The number of alkyl halides is 6. The molecule has 1 N–H and O–H groups in total. The van der Waals surface area contributed by atoms with Crippen LogP contribution in [-0.2, 0) is 18.9 Å². The summed E-state index contributed by atoms with van der Waals surface area (Å²) in [5.74, 6) is -1.14. The van der Waals surface area contributed by atoms with E-state index in [4.69, 9.17) is 16.7 Å².